The second kappa shape index (κ2) is 3.89. The molecule has 0 fully saturated rings. The van der Waals surface area contributed by atoms with Crippen LogP contribution in [0.3, 0.4) is 0 Å². The molecule has 1 aromatic rings. The van der Waals surface area contributed by atoms with E-state index >= 15 is 0 Å². The predicted molar refractivity (Wildman–Crippen MR) is 48.7 cm³/mol. The van der Waals surface area contributed by atoms with Crippen LogP contribution in [0.1, 0.15) is 13.3 Å². The fourth-order valence-corrected chi connectivity index (χ4v) is 2.19. The lowest BCUT2D eigenvalue weighted by Gasteiger charge is -2.04. The van der Waals surface area contributed by atoms with Crippen molar-refractivity contribution in [2.45, 2.75) is 18.4 Å². The van der Waals surface area contributed by atoms with Crippen molar-refractivity contribution in [3.63, 3.8) is 0 Å². The Morgan fingerprint density at radius 3 is 2.77 bits per heavy atom. The molecule has 0 aliphatic rings. The van der Waals surface area contributed by atoms with E-state index in [2.05, 4.69) is 9.82 Å². The lowest BCUT2D eigenvalue weighted by Crippen LogP contribution is -2.26. The molecule has 1 N–H and O–H groups in total. The summed E-state index contributed by atoms with van der Waals surface area (Å²) in [4.78, 5) is 0. The number of sulfonamides is 1. The maximum Gasteiger partial charge on any atom is 0.257 e. The second-order valence-electron chi connectivity index (χ2n) is 2.69. The van der Waals surface area contributed by atoms with Crippen LogP contribution in [0, 0.1) is 0 Å². The van der Waals surface area contributed by atoms with Crippen molar-refractivity contribution >= 4 is 10.0 Å². The fraction of sp³-hybridized carbons (Fsp3) is 0.571. The monoisotopic (exact) mass is 203 g/mol. The molecule has 0 unspecified atom stereocenters. The highest BCUT2D eigenvalue weighted by atomic mass is 32.2. The Morgan fingerprint density at radius 1 is 1.62 bits per heavy atom. The molecule has 0 saturated carbocycles. The molecule has 74 valence electrons. The van der Waals surface area contributed by atoms with E-state index in [1.54, 1.807) is 7.05 Å². The summed E-state index contributed by atoms with van der Waals surface area (Å²) < 4.78 is 26.8. The van der Waals surface area contributed by atoms with Gasteiger partial charge in [-0.3, -0.25) is 4.68 Å². The molecular formula is C7H13N3O2S. The molecule has 1 rings (SSSR count). The van der Waals surface area contributed by atoms with Crippen molar-refractivity contribution < 1.29 is 8.42 Å². The van der Waals surface area contributed by atoms with Crippen LogP contribution in [0.25, 0.3) is 0 Å². The third-order valence-electron chi connectivity index (χ3n) is 1.59. The third-order valence-corrected chi connectivity index (χ3v) is 3.13. The first-order chi connectivity index (χ1) is 6.08. The van der Waals surface area contributed by atoms with E-state index in [9.17, 15) is 8.42 Å². The van der Waals surface area contributed by atoms with E-state index in [1.165, 1.54) is 16.9 Å². The Hall–Kier alpha value is -0.880. The average molecular weight is 203 g/mol. The lowest BCUT2D eigenvalue weighted by atomic mass is 10.5. The molecule has 1 aromatic heterocycles. The molecule has 0 saturated heterocycles. The fourth-order valence-electron chi connectivity index (χ4n) is 0.936. The van der Waals surface area contributed by atoms with Crippen LogP contribution < -0.4 is 4.72 Å². The standard InChI is InChI=1S/C7H13N3O2S/c1-3-5-9-13(11,12)7-4-6-8-10(7)2/h4,6,9H,3,5H2,1-2H3. The number of nitrogens with zero attached hydrogens (tertiary/aromatic N) is 2. The molecule has 0 radical (unpaired) electrons. The Balaban J connectivity index is 2.88. The lowest BCUT2D eigenvalue weighted by molar-refractivity contribution is 0.562. The SMILES string of the molecule is CCCNS(=O)(=O)c1ccnn1C. The van der Waals surface area contributed by atoms with Crippen LogP contribution in [0.15, 0.2) is 17.3 Å². The summed E-state index contributed by atoms with van der Waals surface area (Å²) in [7, 11) is -1.76. The molecule has 0 amide bonds. The molecular weight excluding hydrogens is 190 g/mol. The molecule has 6 heteroatoms. The maximum atomic E-state index is 11.5. The maximum absolute atomic E-state index is 11.5. The van der Waals surface area contributed by atoms with Gasteiger partial charge in [-0.15, -0.1) is 0 Å². The number of hydrogen-bond acceptors (Lipinski definition) is 3. The van der Waals surface area contributed by atoms with Gasteiger partial charge in [0.05, 0.1) is 6.20 Å². The molecule has 1 heterocycles. The number of aromatic nitrogens is 2. The van der Waals surface area contributed by atoms with Crippen LogP contribution in [-0.4, -0.2) is 24.7 Å². The van der Waals surface area contributed by atoms with E-state index in [4.69, 9.17) is 0 Å². The minimum atomic E-state index is -3.36. The zero-order valence-electron chi connectivity index (χ0n) is 7.69. The summed E-state index contributed by atoms with van der Waals surface area (Å²) >= 11 is 0. The Labute approximate surface area is 77.8 Å². The Kier molecular flexibility index (Phi) is 3.05. The van der Waals surface area contributed by atoms with Crippen LogP contribution in [0.2, 0.25) is 0 Å². The van der Waals surface area contributed by atoms with Gasteiger partial charge in [0.1, 0.15) is 0 Å². The van der Waals surface area contributed by atoms with Gasteiger partial charge in [-0.25, -0.2) is 13.1 Å². The zero-order chi connectivity index (χ0) is 9.90. The molecule has 5 nitrogen and oxygen atoms in total. The number of aryl methyl sites for hydroxylation is 1. The molecule has 0 aromatic carbocycles. The van der Waals surface area contributed by atoms with Crippen molar-refractivity contribution in [1.82, 2.24) is 14.5 Å². The van der Waals surface area contributed by atoms with Crippen LogP contribution in [0.4, 0.5) is 0 Å². The van der Waals surface area contributed by atoms with Crippen molar-refractivity contribution in [1.29, 1.82) is 0 Å². The summed E-state index contributed by atoms with van der Waals surface area (Å²) in [6.07, 6.45) is 2.23. The van der Waals surface area contributed by atoms with Gasteiger partial charge in [0.15, 0.2) is 5.03 Å². The first-order valence-electron chi connectivity index (χ1n) is 4.05. The topological polar surface area (TPSA) is 64.0 Å². The quantitative estimate of drug-likeness (QED) is 0.755. The predicted octanol–water partition coefficient (Wildman–Crippen LogP) is 0.108. The van der Waals surface area contributed by atoms with Gasteiger partial charge in [0.2, 0.25) is 0 Å². The van der Waals surface area contributed by atoms with Crippen molar-refractivity contribution in [3.05, 3.63) is 12.3 Å². The number of nitrogens with one attached hydrogen (secondary N) is 1. The molecule has 0 atom stereocenters. The summed E-state index contributed by atoms with van der Waals surface area (Å²) in [6, 6.07) is 1.47. The zero-order valence-corrected chi connectivity index (χ0v) is 8.50. The molecule has 0 aliphatic carbocycles. The van der Waals surface area contributed by atoms with E-state index in [0.29, 0.717) is 6.54 Å². The van der Waals surface area contributed by atoms with E-state index in [0.717, 1.165) is 6.42 Å². The summed E-state index contributed by atoms with van der Waals surface area (Å²) in [5.74, 6) is 0. The Morgan fingerprint density at radius 2 is 2.31 bits per heavy atom. The van der Waals surface area contributed by atoms with Gasteiger partial charge in [0, 0.05) is 13.6 Å². The van der Waals surface area contributed by atoms with Gasteiger partial charge >= 0.3 is 0 Å². The largest absolute Gasteiger partial charge is 0.257 e. The highest BCUT2D eigenvalue weighted by Gasteiger charge is 2.16. The van der Waals surface area contributed by atoms with Gasteiger partial charge in [-0.2, -0.15) is 5.10 Å². The van der Waals surface area contributed by atoms with E-state index in [-0.39, 0.29) is 5.03 Å². The van der Waals surface area contributed by atoms with Crippen molar-refractivity contribution in [2.75, 3.05) is 6.54 Å². The molecule has 13 heavy (non-hydrogen) atoms. The number of rotatable bonds is 4. The molecule has 0 spiro atoms. The van der Waals surface area contributed by atoms with Gasteiger partial charge in [-0.1, -0.05) is 6.92 Å². The summed E-state index contributed by atoms with van der Waals surface area (Å²) in [6.45, 7) is 2.36. The van der Waals surface area contributed by atoms with Gasteiger partial charge in [-0.05, 0) is 12.5 Å². The normalized spacial score (nSPS) is 11.8. The van der Waals surface area contributed by atoms with Crippen LogP contribution >= 0.6 is 0 Å². The first kappa shape index (κ1) is 10.2. The van der Waals surface area contributed by atoms with E-state index < -0.39 is 10.0 Å². The van der Waals surface area contributed by atoms with Crippen molar-refractivity contribution in [3.8, 4) is 0 Å². The number of hydrogen-bond donors (Lipinski definition) is 1. The highest BCUT2D eigenvalue weighted by molar-refractivity contribution is 7.89. The third kappa shape index (κ3) is 2.28. The summed E-state index contributed by atoms with van der Waals surface area (Å²) in [5, 5.41) is 3.98. The molecule has 0 bridgehead atoms. The highest BCUT2D eigenvalue weighted by Crippen LogP contribution is 2.04. The van der Waals surface area contributed by atoms with Gasteiger partial charge < -0.3 is 0 Å². The average Bonchev–Trinajstić information content (AvgIpc) is 2.48. The van der Waals surface area contributed by atoms with Crippen LogP contribution in [0.5, 0.6) is 0 Å². The first-order valence-corrected chi connectivity index (χ1v) is 5.54. The minimum Gasteiger partial charge on any atom is -0.256 e. The summed E-state index contributed by atoms with van der Waals surface area (Å²) in [5.41, 5.74) is 0. The minimum absolute atomic E-state index is 0.195. The second-order valence-corrected chi connectivity index (χ2v) is 4.40. The van der Waals surface area contributed by atoms with Crippen LogP contribution in [-0.2, 0) is 17.1 Å². The van der Waals surface area contributed by atoms with Gasteiger partial charge in [0.25, 0.3) is 10.0 Å². The smallest absolute Gasteiger partial charge is 0.256 e. The molecule has 0 aliphatic heterocycles. The van der Waals surface area contributed by atoms with E-state index in [1.807, 2.05) is 6.92 Å². The Bertz CT molecular complexity index is 369. The van der Waals surface area contributed by atoms with Crippen molar-refractivity contribution in [2.24, 2.45) is 7.05 Å².